The van der Waals surface area contributed by atoms with E-state index in [0.29, 0.717) is 5.92 Å². The molecule has 0 unspecified atom stereocenters. The summed E-state index contributed by atoms with van der Waals surface area (Å²) in [5, 5.41) is 3.13. The number of hydrogen-bond acceptors (Lipinski definition) is 2. The summed E-state index contributed by atoms with van der Waals surface area (Å²) in [5.41, 5.74) is 1.87. The smallest absolute Gasteiger partial charge is 0.271 e. The van der Waals surface area contributed by atoms with Gasteiger partial charge in [0.05, 0.1) is 0 Å². The topological polar surface area (TPSA) is 50.2 Å². The lowest BCUT2D eigenvalue weighted by atomic mass is 9.90. The molecule has 3 rings (SSSR count). The number of aromatic amines is 1. The van der Waals surface area contributed by atoms with E-state index in [1.165, 1.54) is 12.8 Å². The van der Waals surface area contributed by atoms with Crippen LogP contribution in [0.4, 0.5) is 0 Å². The fourth-order valence-electron chi connectivity index (χ4n) is 2.14. The van der Waals surface area contributed by atoms with Crippen molar-refractivity contribution < 1.29 is 0 Å². The molecular weight excluding hydrogens is 226 g/mol. The molecule has 18 heavy (non-hydrogen) atoms. The number of H-pyrrole nitrogens is 1. The summed E-state index contributed by atoms with van der Waals surface area (Å²) in [5.74, 6) is 1.47. The summed E-state index contributed by atoms with van der Waals surface area (Å²) in [6.45, 7) is 6.40. The second kappa shape index (κ2) is 3.70. The van der Waals surface area contributed by atoms with Crippen LogP contribution in [0.25, 0.3) is 5.65 Å². The van der Waals surface area contributed by atoms with Crippen LogP contribution in [-0.4, -0.2) is 14.6 Å². The van der Waals surface area contributed by atoms with Gasteiger partial charge in [0.2, 0.25) is 0 Å². The fraction of sp³-hybridized carbons (Fsp3) is 0.571. The molecule has 0 aromatic carbocycles. The Balaban J connectivity index is 2.17. The highest BCUT2D eigenvalue weighted by Crippen LogP contribution is 2.39. The van der Waals surface area contributed by atoms with Crippen LogP contribution >= 0.6 is 0 Å². The highest BCUT2D eigenvalue weighted by atomic mass is 16.1. The lowest BCUT2D eigenvalue weighted by Crippen LogP contribution is -2.19. The highest BCUT2D eigenvalue weighted by molar-refractivity contribution is 5.43. The van der Waals surface area contributed by atoms with Gasteiger partial charge in [-0.05, 0) is 36.8 Å². The SMILES string of the molecule is CCC(C)(C)c1nc2cc(C3CC3)cc(=O)n2[nH]1. The minimum absolute atomic E-state index is 0.0000491. The van der Waals surface area contributed by atoms with E-state index in [4.69, 9.17) is 0 Å². The van der Waals surface area contributed by atoms with Crippen molar-refractivity contribution in [1.82, 2.24) is 14.6 Å². The van der Waals surface area contributed by atoms with E-state index in [-0.39, 0.29) is 11.0 Å². The molecule has 1 saturated carbocycles. The largest absolute Gasteiger partial charge is 0.276 e. The molecule has 4 heteroatoms. The van der Waals surface area contributed by atoms with Crippen molar-refractivity contribution in [2.45, 2.75) is 51.4 Å². The minimum Gasteiger partial charge on any atom is -0.276 e. The molecule has 0 saturated heterocycles. The molecule has 1 fully saturated rings. The molecule has 2 aromatic rings. The molecule has 2 aromatic heterocycles. The zero-order valence-electron chi connectivity index (χ0n) is 11.2. The lowest BCUT2D eigenvalue weighted by Gasteiger charge is -2.18. The third kappa shape index (κ3) is 1.76. The molecule has 0 aliphatic heterocycles. The zero-order chi connectivity index (χ0) is 12.9. The van der Waals surface area contributed by atoms with Crippen molar-refractivity contribution in [3.8, 4) is 0 Å². The Morgan fingerprint density at radius 2 is 2.17 bits per heavy atom. The first-order chi connectivity index (χ1) is 8.51. The van der Waals surface area contributed by atoms with Crippen LogP contribution in [0.15, 0.2) is 16.9 Å². The molecular formula is C14H19N3O. The Labute approximate surface area is 106 Å². The average Bonchev–Trinajstić information content (AvgIpc) is 3.08. The number of nitrogens with zero attached hydrogens (tertiary/aromatic N) is 2. The first-order valence-electron chi connectivity index (χ1n) is 6.64. The number of hydrogen-bond donors (Lipinski definition) is 1. The quantitative estimate of drug-likeness (QED) is 0.903. The predicted octanol–water partition coefficient (Wildman–Crippen LogP) is 2.59. The first-order valence-corrected chi connectivity index (χ1v) is 6.64. The minimum atomic E-state index is -0.0296. The fourth-order valence-corrected chi connectivity index (χ4v) is 2.14. The summed E-state index contributed by atoms with van der Waals surface area (Å²) in [6.07, 6.45) is 3.39. The number of rotatable bonds is 3. The molecule has 0 bridgehead atoms. The standard InChI is InChI=1S/C14H19N3O/c1-4-14(2,3)13-15-11-7-10(9-5-6-9)8-12(18)17(11)16-13/h7-9H,4-6H2,1-3H3,(H,15,16). The van der Waals surface area contributed by atoms with Crippen molar-refractivity contribution in [1.29, 1.82) is 0 Å². The van der Waals surface area contributed by atoms with Crippen LogP contribution in [0.3, 0.4) is 0 Å². The number of pyridine rings is 1. The number of fused-ring (bicyclic) bond motifs is 1. The van der Waals surface area contributed by atoms with Gasteiger partial charge in [-0.15, -0.1) is 0 Å². The number of aromatic nitrogens is 3. The Hall–Kier alpha value is -1.58. The summed E-state index contributed by atoms with van der Waals surface area (Å²) in [4.78, 5) is 16.6. The van der Waals surface area contributed by atoms with Gasteiger partial charge in [0.25, 0.3) is 5.56 Å². The first kappa shape index (κ1) is 11.5. The molecule has 0 spiro atoms. The van der Waals surface area contributed by atoms with Gasteiger partial charge >= 0.3 is 0 Å². The molecule has 2 heterocycles. The van der Waals surface area contributed by atoms with Crippen molar-refractivity contribution in [2.24, 2.45) is 0 Å². The van der Waals surface area contributed by atoms with Crippen molar-refractivity contribution in [2.75, 3.05) is 0 Å². The summed E-state index contributed by atoms with van der Waals surface area (Å²) in [7, 11) is 0. The maximum absolute atomic E-state index is 12.1. The average molecular weight is 245 g/mol. The Kier molecular flexibility index (Phi) is 2.37. The van der Waals surface area contributed by atoms with Crippen LogP contribution in [-0.2, 0) is 5.41 Å². The maximum Gasteiger partial charge on any atom is 0.271 e. The second-order valence-corrected chi connectivity index (χ2v) is 5.90. The van der Waals surface area contributed by atoms with Gasteiger partial charge in [-0.3, -0.25) is 9.89 Å². The van der Waals surface area contributed by atoms with Gasteiger partial charge < -0.3 is 0 Å². The number of nitrogens with one attached hydrogen (secondary N) is 1. The highest BCUT2D eigenvalue weighted by Gasteiger charge is 2.26. The van der Waals surface area contributed by atoms with E-state index < -0.39 is 0 Å². The van der Waals surface area contributed by atoms with Gasteiger partial charge in [0.15, 0.2) is 5.65 Å². The zero-order valence-corrected chi connectivity index (χ0v) is 11.2. The van der Waals surface area contributed by atoms with E-state index in [1.54, 1.807) is 10.6 Å². The van der Waals surface area contributed by atoms with E-state index in [9.17, 15) is 4.79 Å². The van der Waals surface area contributed by atoms with E-state index >= 15 is 0 Å². The van der Waals surface area contributed by atoms with Gasteiger partial charge in [0, 0.05) is 11.5 Å². The third-order valence-corrected chi connectivity index (χ3v) is 4.05. The van der Waals surface area contributed by atoms with Crippen LogP contribution < -0.4 is 5.56 Å². The third-order valence-electron chi connectivity index (χ3n) is 4.05. The van der Waals surface area contributed by atoms with Crippen LogP contribution in [0.5, 0.6) is 0 Å². The van der Waals surface area contributed by atoms with Gasteiger partial charge in [0.1, 0.15) is 5.82 Å². The summed E-state index contributed by atoms with van der Waals surface area (Å²) >= 11 is 0. The molecule has 0 atom stereocenters. The maximum atomic E-state index is 12.1. The van der Waals surface area contributed by atoms with Crippen molar-refractivity contribution in [3.63, 3.8) is 0 Å². The van der Waals surface area contributed by atoms with Crippen molar-refractivity contribution >= 4 is 5.65 Å². The van der Waals surface area contributed by atoms with Gasteiger partial charge in [-0.1, -0.05) is 20.8 Å². The molecule has 0 amide bonds. The van der Waals surface area contributed by atoms with E-state index in [1.807, 2.05) is 6.07 Å². The van der Waals surface area contributed by atoms with Gasteiger partial charge in [-0.25, -0.2) is 9.50 Å². The summed E-state index contributed by atoms with van der Waals surface area (Å²) in [6, 6.07) is 3.79. The van der Waals surface area contributed by atoms with E-state index in [2.05, 4.69) is 30.9 Å². The Morgan fingerprint density at radius 1 is 1.44 bits per heavy atom. The predicted molar refractivity (Wildman–Crippen MR) is 71.1 cm³/mol. The lowest BCUT2D eigenvalue weighted by molar-refractivity contribution is 0.472. The molecule has 96 valence electrons. The van der Waals surface area contributed by atoms with Crippen LogP contribution in [0, 0.1) is 0 Å². The monoisotopic (exact) mass is 245 g/mol. The Morgan fingerprint density at radius 3 is 2.78 bits per heavy atom. The van der Waals surface area contributed by atoms with Crippen molar-refractivity contribution in [3.05, 3.63) is 33.9 Å². The van der Waals surface area contributed by atoms with Crippen LogP contribution in [0.2, 0.25) is 0 Å². The molecule has 0 radical (unpaired) electrons. The summed E-state index contributed by atoms with van der Waals surface area (Å²) < 4.78 is 1.55. The van der Waals surface area contributed by atoms with Gasteiger partial charge in [-0.2, -0.15) is 0 Å². The normalized spacial score (nSPS) is 16.4. The Bertz CT molecular complexity index is 647. The van der Waals surface area contributed by atoms with Crippen LogP contribution in [0.1, 0.15) is 57.3 Å². The molecule has 1 aliphatic rings. The second-order valence-electron chi connectivity index (χ2n) is 5.90. The molecule has 1 N–H and O–H groups in total. The molecule has 4 nitrogen and oxygen atoms in total. The van der Waals surface area contributed by atoms with E-state index in [0.717, 1.165) is 23.5 Å². The molecule has 1 aliphatic carbocycles.